The molecule has 1 aromatic heterocycles. The highest BCUT2D eigenvalue weighted by atomic mass is 16.5. The van der Waals surface area contributed by atoms with Gasteiger partial charge in [0.25, 0.3) is 5.91 Å². The average molecular weight is 298 g/mol. The van der Waals surface area contributed by atoms with E-state index < -0.39 is 6.04 Å². The number of methoxy groups -OCH3 is 1. The van der Waals surface area contributed by atoms with Crippen molar-refractivity contribution in [1.29, 1.82) is 0 Å². The van der Waals surface area contributed by atoms with E-state index in [-0.39, 0.29) is 5.91 Å². The first-order valence-electron chi connectivity index (χ1n) is 6.83. The van der Waals surface area contributed by atoms with Crippen LogP contribution in [0, 0.1) is 0 Å². The van der Waals surface area contributed by atoms with Crippen LogP contribution in [0.25, 0.3) is 0 Å². The largest absolute Gasteiger partial charge is 0.495 e. The number of hydrogen-bond donors (Lipinski definition) is 2. The summed E-state index contributed by atoms with van der Waals surface area (Å²) in [6, 6.07) is 10.6. The van der Waals surface area contributed by atoms with Crippen molar-refractivity contribution in [3.05, 3.63) is 54.4 Å². The number of anilines is 1. The van der Waals surface area contributed by atoms with Crippen LogP contribution < -0.4 is 15.5 Å². The van der Waals surface area contributed by atoms with Crippen LogP contribution in [0.2, 0.25) is 0 Å². The van der Waals surface area contributed by atoms with Crippen LogP contribution in [0.4, 0.5) is 5.69 Å². The number of aromatic nitrogens is 1. The van der Waals surface area contributed by atoms with Gasteiger partial charge >= 0.3 is 0 Å². The topological polar surface area (TPSA) is 75.6 Å². The number of para-hydroxylation sites is 2. The molecule has 114 valence electrons. The molecule has 0 bridgehead atoms. The van der Waals surface area contributed by atoms with Crippen LogP contribution in [-0.4, -0.2) is 30.3 Å². The van der Waals surface area contributed by atoms with E-state index in [2.05, 4.69) is 20.8 Å². The van der Waals surface area contributed by atoms with E-state index in [0.717, 1.165) is 11.3 Å². The number of hydrazone groups is 1. The third kappa shape index (κ3) is 4.31. The highest BCUT2D eigenvalue weighted by molar-refractivity contribution is 5.86. The van der Waals surface area contributed by atoms with Crippen molar-refractivity contribution in [2.75, 3.05) is 12.4 Å². The maximum atomic E-state index is 12.0. The highest BCUT2D eigenvalue weighted by Crippen LogP contribution is 2.23. The molecule has 1 amide bonds. The van der Waals surface area contributed by atoms with Crippen molar-refractivity contribution in [2.45, 2.75) is 13.0 Å². The van der Waals surface area contributed by atoms with Crippen molar-refractivity contribution < 1.29 is 9.53 Å². The minimum Gasteiger partial charge on any atom is -0.495 e. The van der Waals surface area contributed by atoms with E-state index in [1.165, 1.54) is 0 Å². The first kappa shape index (κ1) is 15.5. The molecule has 1 atom stereocenters. The molecule has 2 aromatic rings. The van der Waals surface area contributed by atoms with Crippen molar-refractivity contribution in [1.82, 2.24) is 10.4 Å². The van der Waals surface area contributed by atoms with Gasteiger partial charge in [0.2, 0.25) is 0 Å². The lowest BCUT2D eigenvalue weighted by Crippen LogP contribution is -2.35. The second-order valence-electron chi connectivity index (χ2n) is 4.58. The van der Waals surface area contributed by atoms with E-state index in [1.807, 2.05) is 24.3 Å². The number of nitrogens with zero attached hydrogens (tertiary/aromatic N) is 2. The molecular weight excluding hydrogens is 280 g/mol. The van der Waals surface area contributed by atoms with E-state index in [4.69, 9.17) is 4.74 Å². The van der Waals surface area contributed by atoms with Gasteiger partial charge in [-0.1, -0.05) is 12.1 Å². The van der Waals surface area contributed by atoms with Crippen LogP contribution in [-0.2, 0) is 4.79 Å². The smallest absolute Gasteiger partial charge is 0.262 e. The predicted octanol–water partition coefficient (Wildman–Crippen LogP) is 2.04. The number of amides is 1. The number of benzene rings is 1. The zero-order valence-corrected chi connectivity index (χ0v) is 12.5. The molecule has 0 radical (unpaired) electrons. The van der Waals surface area contributed by atoms with Crippen LogP contribution in [0.15, 0.2) is 53.9 Å². The highest BCUT2D eigenvalue weighted by Gasteiger charge is 2.13. The Morgan fingerprint density at radius 2 is 2.00 bits per heavy atom. The maximum Gasteiger partial charge on any atom is 0.262 e. The van der Waals surface area contributed by atoms with Gasteiger partial charge in [-0.2, -0.15) is 5.10 Å². The van der Waals surface area contributed by atoms with Gasteiger partial charge in [-0.3, -0.25) is 9.78 Å². The second-order valence-corrected chi connectivity index (χ2v) is 4.58. The minimum absolute atomic E-state index is 0.240. The zero-order valence-electron chi connectivity index (χ0n) is 12.5. The molecule has 2 N–H and O–H groups in total. The second kappa shape index (κ2) is 7.78. The SMILES string of the molecule is COc1ccccc1NC(C)C(=O)N/N=C/c1ccncc1. The Balaban J connectivity index is 1.91. The minimum atomic E-state index is -0.453. The van der Waals surface area contributed by atoms with Gasteiger partial charge < -0.3 is 10.1 Å². The van der Waals surface area contributed by atoms with Crippen molar-refractivity contribution in [3.8, 4) is 5.75 Å². The maximum absolute atomic E-state index is 12.0. The number of nitrogens with one attached hydrogen (secondary N) is 2. The molecule has 2 rings (SSSR count). The summed E-state index contributed by atoms with van der Waals surface area (Å²) >= 11 is 0. The molecule has 1 aromatic carbocycles. The molecule has 0 aliphatic rings. The molecule has 0 saturated carbocycles. The number of ether oxygens (including phenoxy) is 1. The Morgan fingerprint density at radius 1 is 1.27 bits per heavy atom. The fraction of sp³-hybridized carbons (Fsp3) is 0.188. The van der Waals surface area contributed by atoms with Gasteiger partial charge in [-0.25, -0.2) is 5.43 Å². The Morgan fingerprint density at radius 3 is 2.73 bits per heavy atom. The monoisotopic (exact) mass is 298 g/mol. The van der Waals surface area contributed by atoms with Crippen LogP contribution >= 0.6 is 0 Å². The Labute approximate surface area is 129 Å². The van der Waals surface area contributed by atoms with Gasteiger partial charge in [0.05, 0.1) is 19.0 Å². The summed E-state index contributed by atoms with van der Waals surface area (Å²) in [7, 11) is 1.59. The summed E-state index contributed by atoms with van der Waals surface area (Å²) in [5.74, 6) is 0.443. The predicted molar refractivity (Wildman–Crippen MR) is 86.1 cm³/mol. The lowest BCUT2D eigenvalue weighted by atomic mass is 10.2. The number of carbonyl (C=O) groups is 1. The molecule has 1 unspecified atom stereocenters. The average Bonchev–Trinajstić information content (AvgIpc) is 2.56. The van der Waals surface area contributed by atoms with Crippen molar-refractivity contribution >= 4 is 17.8 Å². The third-order valence-corrected chi connectivity index (χ3v) is 2.97. The van der Waals surface area contributed by atoms with Crippen LogP contribution in [0.5, 0.6) is 5.75 Å². The summed E-state index contributed by atoms with van der Waals surface area (Å²) in [4.78, 5) is 15.9. The number of hydrogen-bond acceptors (Lipinski definition) is 5. The Bertz CT molecular complexity index is 644. The molecule has 0 aliphatic heterocycles. The molecule has 0 aliphatic carbocycles. The number of carbonyl (C=O) groups excluding carboxylic acids is 1. The molecule has 22 heavy (non-hydrogen) atoms. The number of rotatable bonds is 6. The van der Waals surface area contributed by atoms with Crippen molar-refractivity contribution in [2.24, 2.45) is 5.10 Å². The van der Waals surface area contributed by atoms with E-state index in [0.29, 0.717) is 5.75 Å². The van der Waals surface area contributed by atoms with Crippen LogP contribution in [0.3, 0.4) is 0 Å². The molecular formula is C16H18N4O2. The summed E-state index contributed by atoms with van der Waals surface area (Å²) < 4.78 is 5.24. The molecule has 1 heterocycles. The van der Waals surface area contributed by atoms with Gasteiger partial charge in [0, 0.05) is 12.4 Å². The summed E-state index contributed by atoms with van der Waals surface area (Å²) in [6.07, 6.45) is 4.89. The normalized spacial score (nSPS) is 11.9. The summed E-state index contributed by atoms with van der Waals surface area (Å²) in [5, 5.41) is 7.01. The van der Waals surface area contributed by atoms with E-state index >= 15 is 0 Å². The molecule has 6 heteroatoms. The fourth-order valence-electron chi connectivity index (χ4n) is 1.78. The summed E-state index contributed by atoms with van der Waals surface area (Å²) in [5.41, 5.74) is 4.11. The quantitative estimate of drug-likeness (QED) is 0.632. The molecule has 0 spiro atoms. The van der Waals surface area contributed by atoms with E-state index in [1.54, 1.807) is 44.8 Å². The molecule has 0 fully saturated rings. The lowest BCUT2D eigenvalue weighted by Gasteiger charge is -2.15. The van der Waals surface area contributed by atoms with E-state index in [9.17, 15) is 4.79 Å². The first-order chi connectivity index (χ1) is 10.7. The third-order valence-electron chi connectivity index (χ3n) is 2.97. The molecule has 6 nitrogen and oxygen atoms in total. The Kier molecular flexibility index (Phi) is 5.48. The molecule has 0 saturated heterocycles. The first-order valence-corrected chi connectivity index (χ1v) is 6.83. The zero-order chi connectivity index (χ0) is 15.8. The van der Waals surface area contributed by atoms with Gasteiger partial charge in [0.1, 0.15) is 11.8 Å². The summed E-state index contributed by atoms with van der Waals surface area (Å²) in [6.45, 7) is 1.75. The van der Waals surface area contributed by atoms with Gasteiger partial charge in [-0.15, -0.1) is 0 Å². The Hall–Kier alpha value is -2.89. The standard InChI is InChI=1S/C16H18N4O2/c1-12(19-14-5-3-4-6-15(14)22-2)16(21)20-18-11-13-7-9-17-10-8-13/h3-12,19H,1-2H3,(H,20,21)/b18-11+. The van der Waals surface area contributed by atoms with Crippen molar-refractivity contribution in [3.63, 3.8) is 0 Å². The van der Waals surface area contributed by atoms with Gasteiger partial charge in [-0.05, 0) is 36.8 Å². The number of pyridine rings is 1. The van der Waals surface area contributed by atoms with Gasteiger partial charge in [0.15, 0.2) is 0 Å². The fourth-order valence-corrected chi connectivity index (χ4v) is 1.78. The van der Waals surface area contributed by atoms with Crippen LogP contribution in [0.1, 0.15) is 12.5 Å². The lowest BCUT2D eigenvalue weighted by molar-refractivity contribution is -0.121.